The van der Waals surface area contributed by atoms with Gasteiger partial charge in [-0.3, -0.25) is 4.79 Å². The van der Waals surface area contributed by atoms with Crippen LogP contribution in [0, 0.1) is 0 Å². The van der Waals surface area contributed by atoms with Crippen molar-refractivity contribution >= 4 is 5.91 Å². The minimum absolute atomic E-state index is 0.126. The highest BCUT2D eigenvalue weighted by Gasteiger charge is 2.01. The molecule has 0 atom stereocenters. The van der Waals surface area contributed by atoms with Crippen LogP contribution < -0.4 is 11.1 Å². The average molecular weight is 223 g/mol. The van der Waals surface area contributed by atoms with E-state index in [4.69, 9.17) is 5.73 Å². The van der Waals surface area contributed by atoms with Crippen molar-refractivity contribution in [2.75, 3.05) is 6.54 Å². The Labute approximate surface area is 96.8 Å². The molecular formula is C12H21N3O. The number of nitrogens with two attached hydrogens (primary N) is 1. The van der Waals surface area contributed by atoms with Crippen LogP contribution in [0.2, 0.25) is 0 Å². The van der Waals surface area contributed by atoms with Crippen molar-refractivity contribution in [1.29, 1.82) is 0 Å². The highest BCUT2D eigenvalue weighted by atomic mass is 16.1. The lowest BCUT2D eigenvalue weighted by atomic mass is 10.2. The van der Waals surface area contributed by atoms with E-state index in [2.05, 4.69) is 5.32 Å². The summed E-state index contributed by atoms with van der Waals surface area (Å²) in [6.07, 6.45) is 7.56. The molecule has 3 N–H and O–H groups in total. The lowest BCUT2D eigenvalue weighted by Gasteiger charge is -2.03. The lowest BCUT2D eigenvalue weighted by molar-refractivity contribution is -0.121. The van der Waals surface area contributed by atoms with Crippen molar-refractivity contribution in [3.63, 3.8) is 0 Å². The van der Waals surface area contributed by atoms with Gasteiger partial charge in [0.25, 0.3) is 0 Å². The zero-order chi connectivity index (χ0) is 11.8. The van der Waals surface area contributed by atoms with Crippen LogP contribution in [0.5, 0.6) is 0 Å². The number of rotatable bonds is 7. The normalized spacial score (nSPS) is 10.4. The second kappa shape index (κ2) is 7.06. The molecule has 1 aromatic heterocycles. The van der Waals surface area contributed by atoms with Gasteiger partial charge in [-0.05, 0) is 31.0 Å². The van der Waals surface area contributed by atoms with Crippen molar-refractivity contribution in [1.82, 2.24) is 9.88 Å². The summed E-state index contributed by atoms with van der Waals surface area (Å²) < 4.78 is 1.97. The molecule has 1 rings (SSSR count). The fraction of sp³-hybridized carbons (Fsp3) is 0.583. The maximum atomic E-state index is 11.4. The van der Waals surface area contributed by atoms with E-state index in [1.807, 2.05) is 30.1 Å². The SMILES string of the molecule is Cn1ccc(CNC(=O)CCCCCN)c1. The topological polar surface area (TPSA) is 60.0 Å². The monoisotopic (exact) mass is 223 g/mol. The molecule has 0 spiro atoms. The van der Waals surface area contributed by atoms with Crippen molar-refractivity contribution in [2.45, 2.75) is 32.2 Å². The van der Waals surface area contributed by atoms with E-state index in [1.54, 1.807) is 0 Å². The van der Waals surface area contributed by atoms with E-state index < -0.39 is 0 Å². The van der Waals surface area contributed by atoms with Gasteiger partial charge in [0.2, 0.25) is 5.91 Å². The van der Waals surface area contributed by atoms with Gasteiger partial charge in [0, 0.05) is 32.4 Å². The molecule has 0 aliphatic rings. The number of carbonyl (C=O) groups excluding carboxylic acids is 1. The Hall–Kier alpha value is -1.29. The summed E-state index contributed by atoms with van der Waals surface area (Å²) in [6, 6.07) is 2.01. The van der Waals surface area contributed by atoms with Gasteiger partial charge in [0.1, 0.15) is 0 Å². The summed E-state index contributed by atoms with van der Waals surface area (Å²) in [6.45, 7) is 1.34. The Morgan fingerprint density at radius 2 is 2.25 bits per heavy atom. The van der Waals surface area contributed by atoms with E-state index in [-0.39, 0.29) is 5.91 Å². The molecule has 0 saturated heterocycles. The molecule has 0 radical (unpaired) electrons. The molecule has 16 heavy (non-hydrogen) atoms. The summed E-state index contributed by atoms with van der Waals surface area (Å²) in [4.78, 5) is 11.4. The third-order valence-corrected chi connectivity index (χ3v) is 2.49. The van der Waals surface area contributed by atoms with Crippen LogP contribution in [0.3, 0.4) is 0 Å². The first kappa shape index (κ1) is 12.8. The van der Waals surface area contributed by atoms with Gasteiger partial charge in [-0.15, -0.1) is 0 Å². The Kier molecular flexibility index (Phi) is 5.64. The minimum Gasteiger partial charge on any atom is -0.357 e. The van der Waals surface area contributed by atoms with Crippen molar-refractivity contribution < 1.29 is 4.79 Å². The Morgan fingerprint density at radius 3 is 2.88 bits per heavy atom. The quantitative estimate of drug-likeness (QED) is 0.681. The highest BCUT2D eigenvalue weighted by Crippen LogP contribution is 2.01. The molecule has 0 aromatic carbocycles. The molecule has 0 unspecified atom stereocenters. The summed E-state index contributed by atoms with van der Waals surface area (Å²) >= 11 is 0. The summed E-state index contributed by atoms with van der Waals surface area (Å²) in [5, 5.41) is 2.91. The van der Waals surface area contributed by atoms with Crippen LogP contribution in [0.1, 0.15) is 31.2 Å². The first-order valence-electron chi connectivity index (χ1n) is 5.80. The van der Waals surface area contributed by atoms with Crippen LogP contribution >= 0.6 is 0 Å². The van der Waals surface area contributed by atoms with Gasteiger partial charge in [-0.1, -0.05) is 6.42 Å². The van der Waals surface area contributed by atoms with Gasteiger partial charge in [-0.25, -0.2) is 0 Å². The van der Waals surface area contributed by atoms with Gasteiger partial charge in [0.05, 0.1) is 0 Å². The number of aryl methyl sites for hydroxylation is 1. The fourth-order valence-corrected chi connectivity index (χ4v) is 1.56. The Bertz CT molecular complexity index is 320. The molecule has 4 heteroatoms. The molecule has 0 bridgehead atoms. The Balaban J connectivity index is 2.10. The fourth-order valence-electron chi connectivity index (χ4n) is 1.56. The number of nitrogens with one attached hydrogen (secondary N) is 1. The number of carbonyl (C=O) groups is 1. The summed E-state index contributed by atoms with van der Waals surface area (Å²) in [5.74, 6) is 0.126. The number of amides is 1. The van der Waals surface area contributed by atoms with E-state index in [9.17, 15) is 4.79 Å². The van der Waals surface area contributed by atoms with Gasteiger partial charge in [0.15, 0.2) is 0 Å². The molecule has 0 fully saturated rings. The van der Waals surface area contributed by atoms with E-state index in [0.717, 1.165) is 24.8 Å². The van der Waals surface area contributed by atoms with E-state index in [0.29, 0.717) is 19.5 Å². The summed E-state index contributed by atoms with van der Waals surface area (Å²) in [7, 11) is 1.97. The second-order valence-corrected chi connectivity index (χ2v) is 4.06. The van der Waals surface area contributed by atoms with Crippen molar-refractivity contribution in [2.24, 2.45) is 12.8 Å². The van der Waals surface area contributed by atoms with Gasteiger partial charge < -0.3 is 15.6 Å². The van der Waals surface area contributed by atoms with Gasteiger partial charge >= 0.3 is 0 Å². The first-order chi connectivity index (χ1) is 7.72. The summed E-state index contributed by atoms with van der Waals surface area (Å²) in [5.41, 5.74) is 6.52. The highest BCUT2D eigenvalue weighted by molar-refractivity contribution is 5.75. The molecule has 90 valence electrons. The predicted molar refractivity (Wildman–Crippen MR) is 64.8 cm³/mol. The third kappa shape index (κ3) is 4.98. The van der Waals surface area contributed by atoms with E-state index in [1.165, 1.54) is 0 Å². The molecule has 0 aliphatic carbocycles. The van der Waals surface area contributed by atoms with Crippen molar-refractivity contribution in [3.8, 4) is 0 Å². The molecular weight excluding hydrogens is 202 g/mol. The molecule has 1 aromatic rings. The lowest BCUT2D eigenvalue weighted by Crippen LogP contribution is -2.22. The zero-order valence-electron chi connectivity index (χ0n) is 9.91. The van der Waals surface area contributed by atoms with Crippen LogP contribution in [0.15, 0.2) is 18.5 Å². The maximum absolute atomic E-state index is 11.4. The van der Waals surface area contributed by atoms with Crippen LogP contribution in [0.4, 0.5) is 0 Å². The molecule has 1 amide bonds. The Morgan fingerprint density at radius 1 is 1.44 bits per heavy atom. The average Bonchev–Trinajstić information content (AvgIpc) is 2.68. The number of unbranched alkanes of at least 4 members (excludes halogenated alkanes) is 2. The molecule has 4 nitrogen and oxygen atoms in total. The predicted octanol–water partition coefficient (Wildman–Crippen LogP) is 1.16. The molecule has 0 aliphatic heterocycles. The second-order valence-electron chi connectivity index (χ2n) is 4.06. The molecule has 1 heterocycles. The largest absolute Gasteiger partial charge is 0.357 e. The number of hydrogen-bond donors (Lipinski definition) is 2. The first-order valence-corrected chi connectivity index (χ1v) is 5.80. The van der Waals surface area contributed by atoms with E-state index >= 15 is 0 Å². The van der Waals surface area contributed by atoms with Gasteiger partial charge in [-0.2, -0.15) is 0 Å². The third-order valence-electron chi connectivity index (χ3n) is 2.49. The number of nitrogens with zero attached hydrogens (tertiary/aromatic N) is 1. The van der Waals surface area contributed by atoms with Crippen LogP contribution in [-0.2, 0) is 18.4 Å². The number of hydrogen-bond acceptors (Lipinski definition) is 2. The molecule has 0 saturated carbocycles. The maximum Gasteiger partial charge on any atom is 0.220 e. The van der Waals surface area contributed by atoms with Crippen molar-refractivity contribution in [3.05, 3.63) is 24.0 Å². The standard InChI is InChI=1S/C12H21N3O/c1-15-8-6-11(10-15)9-14-12(16)5-3-2-4-7-13/h6,8,10H,2-5,7,9,13H2,1H3,(H,14,16). The number of aromatic nitrogens is 1. The smallest absolute Gasteiger partial charge is 0.220 e. The zero-order valence-corrected chi connectivity index (χ0v) is 9.91. The van der Waals surface area contributed by atoms with Crippen LogP contribution in [0.25, 0.3) is 0 Å². The minimum atomic E-state index is 0.126. The van der Waals surface area contributed by atoms with Crippen LogP contribution in [-0.4, -0.2) is 17.0 Å².